The summed E-state index contributed by atoms with van der Waals surface area (Å²) in [6.07, 6.45) is 2.89. The smallest absolute Gasteiger partial charge is 0.326 e. The molecular weight excluding hydrogens is 218 g/mol. The molecule has 0 unspecified atom stereocenters. The largest absolute Gasteiger partial charge is 0.480 e. The quantitative estimate of drug-likeness (QED) is 0.821. The molecule has 5 nitrogen and oxygen atoms in total. The van der Waals surface area contributed by atoms with Gasteiger partial charge in [-0.15, -0.1) is 0 Å². The summed E-state index contributed by atoms with van der Waals surface area (Å²) in [5.41, 5.74) is 0. The molecule has 1 aromatic rings. The lowest BCUT2D eigenvalue weighted by Crippen LogP contribution is -2.34. The number of carboxylic acids is 1. The SMILES string of the molecule is CC(C)[C@H](Nc1nccnc1Cl)C(=O)O. The van der Waals surface area contributed by atoms with E-state index in [1.807, 2.05) is 0 Å². The van der Waals surface area contributed by atoms with Gasteiger partial charge in [0.05, 0.1) is 0 Å². The number of halogens is 1. The van der Waals surface area contributed by atoms with Crippen LogP contribution in [0.15, 0.2) is 12.4 Å². The van der Waals surface area contributed by atoms with E-state index >= 15 is 0 Å². The Morgan fingerprint density at radius 3 is 2.53 bits per heavy atom. The molecule has 0 fully saturated rings. The molecule has 0 amide bonds. The van der Waals surface area contributed by atoms with E-state index in [2.05, 4.69) is 15.3 Å². The molecule has 0 aliphatic heterocycles. The van der Waals surface area contributed by atoms with Gasteiger partial charge in [0, 0.05) is 12.4 Å². The van der Waals surface area contributed by atoms with Crippen molar-refractivity contribution in [2.45, 2.75) is 19.9 Å². The highest BCUT2D eigenvalue weighted by atomic mass is 35.5. The van der Waals surface area contributed by atoms with Gasteiger partial charge in [-0.3, -0.25) is 0 Å². The standard InChI is InChI=1S/C9H12ClN3O2/c1-5(2)6(9(14)15)13-8-7(10)11-3-4-12-8/h3-6H,1-2H3,(H,12,13)(H,14,15)/t6-/m0/s1. The van der Waals surface area contributed by atoms with Crippen molar-refractivity contribution in [2.24, 2.45) is 5.92 Å². The van der Waals surface area contributed by atoms with Crippen LogP contribution < -0.4 is 5.32 Å². The van der Waals surface area contributed by atoms with E-state index < -0.39 is 12.0 Å². The van der Waals surface area contributed by atoms with Crippen molar-refractivity contribution < 1.29 is 9.90 Å². The Hall–Kier alpha value is -1.36. The molecule has 0 aliphatic carbocycles. The molecule has 15 heavy (non-hydrogen) atoms. The molecule has 1 atom stereocenters. The highest BCUT2D eigenvalue weighted by molar-refractivity contribution is 6.31. The molecule has 0 aromatic carbocycles. The third kappa shape index (κ3) is 3.06. The van der Waals surface area contributed by atoms with E-state index in [4.69, 9.17) is 16.7 Å². The maximum Gasteiger partial charge on any atom is 0.326 e. The Morgan fingerprint density at radius 2 is 2.07 bits per heavy atom. The number of aliphatic carboxylic acids is 1. The molecular formula is C9H12ClN3O2. The van der Waals surface area contributed by atoms with Crippen LogP contribution in [0.4, 0.5) is 5.82 Å². The van der Waals surface area contributed by atoms with E-state index in [1.165, 1.54) is 12.4 Å². The maximum atomic E-state index is 10.9. The van der Waals surface area contributed by atoms with Gasteiger partial charge >= 0.3 is 5.97 Å². The van der Waals surface area contributed by atoms with Crippen LogP contribution in [-0.2, 0) is 4.79 Å². The van der Waals surface area contributed by atoms with Gasteiger partial charge in [0.25, 0.3) is 0 Å². The Bertz CT molecular complexity index is 357. The van der Waals surface area contributed by atoms with Gasteiger partial charge in [0.1, 0.15) is 6.04 Å². The maximum absolute atomic E-state index is 10.9. The fraction of sp³-hybridized carbons (Fsp3) is 0.444. The minimum atomic E-state index is -0.938. The molecule has 82 valence electrons. The Labute approximate surface area is 92.5 Å². The summed E-state index contributed by atoms with van der Waals surface area (Å²) < 4.78 is 0. The normalized spacial score (nSPS) is 12.5. The Morgan fingerprint density at radius 1 is 1.47 bits per heavy atom. The molecule has 1 aromatic heterocycles. The van der Waals surface area contributed by atoms with Crippen LogP contribution in [-0.4, -0.2) is 27.1 Å². The fourth-order valence-corrected chi connectivity index (χ4v) is 1.24. The Balaban J connectivity index is 2.84. The molecule has 2 N–H and O–H groups in total. The minimum absolute atomic E-state index is 0.0689. The van der Waals surface area contributed by atoms with Crippen molar-refractivity contribution >= 4 is 23.4 Å². The van der Waals surface area contributed by atoms with Crippen LogP contribution in [0, 0.1) is 5.92 Å². The molecule has 0 radical (unpaired) electrons. The van der Waals surface area contributed by atoms with Crippen LogP contribution in [0.1, 0.15) is 13.8 Å². The summed E-state index contributed by atoms with van der Waals surface area (Å²) in [6, 6.07) is -0.723. The molecule has 1 heterocycles. The van der Waals surface area contributed by atoms with Crippen molar-refractivity contribution in [3.05, 3.63) is 17.5 Å². The van der Waals surface area contributed by atoms with Gasteiger partial charge in [-0.05, 0) is 5.92 Å². The number of hydrogen-bond acceptors (Lipinski definition) is 4. The van der Waals surface area contributed by atoms with Crippen molar-refractivity contribution in [3.63, 3.8) is 0 Å². The summed E-state index contributed by atoms with van der Waals surface area (Å²) in [6.45, 7) is 3.60. The van der Waals surface area contributed by atoms with Crippen molar-refractivity contribution in [2.75, 3.05) is 5.32 Å². The van der Waals surface area contributed by atoms with Gasteiger partial charge in [-0.2, -0.15) is 0 Å². The lowest BCUT2D eigenvalue weighted by molar-refractivity contribution is -0.138. The lowest BCUT2D eigenvalue weighted by Gasteiger charge is -2.18. The highest BCUT2D eigenvalue weighted by Crippen LogP contribution is 2.17. The van der Waals surface area contributed by atoms with Crippen LogP contribution in [0.5, 0.6) is 0 Å². The molecule has 1 rings (SSSR count). The second kappa shape index (κ2) is 4.93. The molecule has 0 saturated carbocycles. The number of nitrogens with zero attached hydrogens (tertiary/aromatic N) is 2. The van der Waals surface area contributed by atoms with Crippen LogP contribution >= 0.6 is 11.6 Å². The summed E-state index contributed by atoms with van der Waals surface area (Å²) in [7, 11) is 0. The summed E-state index contributed by atoms with van der Waals surface area (Å²) in [5, 5.41) is 11.9. The first-order valence-electron chi connectivity index (χ1n) is 4.48. The average molecular weight is 230 g/mol. The number of carboxylic acid groups (broad SMARTS) is 1. The second-order valence-electron chi connectivity index (χ2n) is 3.40. The zero-order valence-corrected chi connectivity index (χ0v) is 9.19. The summed E-state index contributed by atoms with van der Waals surface area (Å²) >= 11 is 5.75. The van der Waals surface area contributed by atoms with Gasteiger partial charge in [0.15, 0.2) is 11.0 Å². The zero-order chi connectivity index (χ0) is 11.4. The van der Waals surface area contributed by atoms with Gasteiger partial charge in [0.2, 0.25) is 0 Å². The molecule has 0 spiro atoms. The minimum Gasteiger partial charge on any atom is -0.480 e. The molecule has 6 heteroatoms. The topological polar surface area (TPSA) is 75.1 Å². The van der Waals surface area contributed by atoms with E-state index in [0.717, 1.165) is 0 Å². The number of rotatable bonds is 4. The third-order valence-electron chi connectivity index (χ3n) is 1.88. The zero-order valence-electron chi connectivity index (χ0n) is 8.44. The summed E-state index contributed by atoms with van der Waals surface area (Å²) in [4.78, 5) is 18.6. The van der Waals surface area contributed by atoms with Gasteiger partial charge in [-0.1, -0.05) is 25.4 Å². The Kier molecular flexibility index (Phi) is 3.85. The molecule has 0 saturated heterocycles. The second-order valence-corrected chi connectivity index (χ2v) is 3.76. The van der Waals surface area contributed by atoms with Crippen LogP contribution in [0.3, 0.4) is 0 Å². The van der Waals surface area contributed by atoms with Crippen LogP contribution in [0.25, 0.3) is 0 Å². The van der Waals surface area contributed by atoms with E-state index in [1.54, 1.807) is 13.8 Å². The number of aromatic nitrogens is 2. The van der Waals surface area contributed by atoms with Gasteiger partial charge in [-0.25, -0.2) is 14.8 Å². The molecule has 0 aliphatic rings. The predicted octanol–water partition coefficient (Wildman–Crippen LogP) is 1.65. The number of hydrogen-bond donors (Lipinski definition) is 2. The first-order chi connectivity index (χ1) is 7.02. The third-order valence-corrected chi connectivity index (χ3v) is 2.16. The number of nitrogens with one attached hydrogen (secondary N) is 1. The molecule has 0 bridgehead atoms. The first kappa shape index (κ1) is 11.7. The average Bonchev–Trinajstić information content (AvgIpc) is 2.15. The van der Waals surface area contributed by atoms with Gasteiger partial charge < -0.3 is 10.4 Å². The van der Waals surface area contributed by atoms with E-state index in [9.17, 15) is 4.79 Å². The first-order valence-corrected chi connectivity index (χ1v) is 4.86. The van der Waals surface area contributed by atoms with E-state index in [0.29, 0.717) is 5.82 Å². The highest BCUT2D eigenvalue weighted by Gasteiger charge is 2.22. The monoisotopic (exact) mass is 229 g/mol. The van der Waals surface area contributed by atoms with Crippen molar-refractivity contribution in [3.8, 4) is 0 Å². The number of anilines is 1. The lowest BCUT2D eigenvalue weighted by atomic mass is 10.1. The summed E-state index contributed by atoms with van der Waals surface area (Å²) in [5.74, 6) is -0.715. The fourth-order valence-electron chi connectivity index (χ4n) is 1.08. The predicted molar refractivity (Wildman–Crippen MR) is 56.9 cm³/mol. The van der Waals surface area contributed by atoms with Crippen molar-refractivity contribution in [1.29, 1.82) is 0 Å². The number of carbonyl (C=O) groups is 1. The van der Waals surface area contributed by atoms with Crippen molar-refractivity contribution in [1.82, 2.24) is 9.97 Å². The van der Waals surface area contributed by atoms with Crippen LogP contribution in [0.2, 0.25) is 5.15 Å². The van der Waals surface area contributed by atoms with E-state index in [-0.39, 0.29) is 11.1 Å².